The minimum Gasteiger partial charge on any atom is -0.356 e. The summed E-state index contributed by atoms with van der Waals surface area (Å²) in [6.07, 6.45) is 5.99. The van der Waals surface area contributed by atoms with E-state index in [2.05, 4.69) is 57.1 Å². The van der Waals surface area contributed by atoms with E-state index in [0.717, 1.165) is 68.5 Å². The second kappa shape index (κ2) is 8.58. The first-order valence-corrected chi connectivity index (χ1v) is 9.84. The molecule has 2 aromatic heterocycles. The Morgan fingerprint density at radius 2 is 2.00 bits per heavy atom. The zero-order valence-electron chi connectivity index (χ0n) is 16.4. The van der Waals surface area contributed by atoms with E-state index in [0.29, 0.717) is 6.04 Å². The maximum atomic E-state index is 4.66. The maximum Gasteiger partial charge on any atom is 0.143 e. The van der Waals surface area contributed by atoms with Gasteiger partial charge in [0.25, 0.3) is 0 Å². The third-order valence-corrected chi connectivity index (χ3v) is 5.02. The lowest BCUT2D eigenvalue weighted by Gasteiger charge is -2.34. The monoisotopic (exact) mass is 357 g/mol. The summed E-state index contributed by atoms with van der Waals surface area (Å²) in [5.74, 6) is 2.97. The zero-order valence-corrected chi connectivity index (χ0v) is 16.4. The highest BCUT2D eigenvalue weighted by Crippen LogP contribution is 2.21. The van der Waals surface area contributed by atoms with Crippen molar-refractivity contribution in [1.29, 1.82) is 0 Å². The van der Waals surface area contributed by atoms with Gasteiger partial charge in [-0.2, -0.15) is 5.10 Å². The fourth-order valence-corrected chi connectivity index (χ4v) is 3.71. The Hall–Kier alpha value is -2.02. The van der Waals surface area contributed by atoms with Gasteiger partial charge in [-0.25, -0.2) is 19.6 Å². The molecule has 3 rings (SSSR count). The van der Waals surface area contributed by atoms with E-state index in [4.69, 9.17) is 0 Å². The first-order valence-electron chi connectivity index (χ1n) is 9.84. The molecule has 0 unspecified atom stereocenters. The van der Waals surface area contributed by atoms with Gasteiger partial charge in [-0.05, 0) is 40.0 Å². The first kappa shape index (κ1) is 18.8. The van der Waals surface area contributed by atoms with Gasteiger partial charge in [0, 0.05) is 37.4 Å². The fraction of sp³-hybridized carbons (Fsp3) is 0.684. The summed E-state index contributed by atoms with van der Waals surface area (Å²) in [5.41, 5.74) is 1.16. The number of hydrogen-bond acceptors (Lipinski definition) is 6. The molecule has 7 heteroatoms. The molecule has 3 heterocycles. The van der Waals surface area contributed by atoms with Crippen molar-refractivity contribution in [3.63, 3.8) is 0 Å². The van der Waals surface area contributed by atoms with Crippen molar-refractivity contribution < 1.29 is 0 Å². The lowest BCUT2D eigenvalue weighted by atomic mass is 10.0. The van der Waals surface area contributed by atoms with Gasteiger partial charge in [-0.15, -0.1) is 0 Å². The Kier molecular flexibility index (Phi) is 6.19. The molecule has 1 atom stereocenters. The van der Waals surface area contributed by atoms with Gasteiger partial charge in [0.05, 0.1) is 6.04 Å². The molecule has 0 saturated carbocycles. The van der Waals surface area contributed by atoms with Gasteiger partial charge in [0.15, 0.2) is 0 Å². The quantitative estimate of drug-likeness (QED) is 0.821. The summed E-state index contributed by atoms with van der Waals surface area (Å²) in [4.78, 5) is 16.0. The SMILES string of the molecule is CCCc1cc(N2CCC(N[C@H](C)c3ncnn3CC)CC2)nc(C)n1. The molecule has 0 aromatic carbocycles. The van der Waals surface area contributed by atoms with Crippen LogP contribution < -0.4 is 10.2 Å². The topological polar surface area (TPSA) is 71.8 Å². The molecule has 2 aromatic rings. The van der Waals surface area contributed by atoms with E-state index in [9.17, 15) is 0 Å². The van der Waals surface area contributed by atoms with Crippen molar-refractivity contribution in [2.75, 3.05) is 18.0 Å². The van der Waals surface area contributed by atoms with Gasteiger partial charge >= 0.3 is 0 Å². The van der Waals surface area contributed by atoms with Gasteiger partial charge < -0.3 is 10.2 Å². The standard InChI is InChI=1S/C19H31N7/c1-5-7-17-12-18(24-15(4)23-17)25-10-8-16(9-11-25)22-14(3)19-20-13-21-26(19)6-2/h12-14,16,22H,5-11H2,1-4H3/t14-/m1/s1. The molecule has 1 fully saturated rings. The number of piperidine rings is 1. The van der Waals surface area contributed by atoms with Crippen LogP contribution in [0.25, 0.3) is 0 Å². The van der Waals surface area contributed by atoms with Gasteiger partial charge in [-0.3, -0.25) is 0 Å². The molecule has 1 aliphatic rings. The predicted molar refractivity (Wildman–Crippen MR) is 103 cm³/mol. The summed E-state index contributed by atoms with van der Waals surface area (Å²) in [7, 11) is 0. The molecule has 142 valence electrons. The van der Waals surface area contributed by atoms with Crippen molar-refractivity contribution in [2.45, 2.75) is 72.0 Å². The Morgan fingerprint density at radius 3 is 2.69 bits per heavy atom. The van der Waals surface area contributed by atoms with E-state index in [-0.39, 0.29) is 6.04 Å². The summed E-state index contributed by atoms with van der Waals surface area (Å²) < 4.78 is 1.96. The molecule has 1 N–H and O–H groups in total. The number of aryl methyl sites for hydroxylation is 3. The van der Waals surface area contributed by atoms with Crippen LogP contribution in [0.3, 0.4) is 0 Å². The summed E-state index contributed by atoms with van der Waals surface area (Å²) in [6.45, 7) is 11.3. The Labute approximate surface area is 156 Å². The van der Waals surface area contributed by atoms with E-state index in [1.807, 2.05) is 11.6 Å². The van der Waals surface area contributed by atoms with Crippen LogP contribution in [-0.2, 0) is 13.0 Å². The fourth-order valence-electron chi connectivity index (χ4n) is 3.71. The summed E-state index contributed by atoms with van der Waals surface area (Å²) in [5, 5.41) is 8.00. The van der Waals surface area contributed by atoms with E-state index < -0.39 is 0 Å². The van der Waals surface area contributed by atoms with Crippen molar-refractivity contribution in [2.24, 2.45) is 0 Å². The highest BCUT2D eigenvalue weighted by Gasteiger charge is 2.23. The predicted octanol–water partition coefficient (Wildman–Crippen LogP) is 2.67. The summed E-state index contributed by atoms with van der Waals surface area (Å²) >= 11 is 0. The molecule has 7 nitrogen and oxygen atoms in total. The molecular formula is C19H31N7. The van der Waals surface area contributed by atoms with Crippen LogP contribution in [0.1, 0.15) is 63.4 Å². The minimum absolute atomic E-state index is 0.214. The molecule has 26 heavy (non-hydrogen) atoms. The van der Waals surface area contributed by atoms with E-state index in [1.54, 1.807) is 6.33 Å². The van der Waals surface area contributed by atoms with E-state index in [1.165, 1.54) is 0 Å². The average molecular weight is 358 g/mol. The number of rotatable bonds is 7. The number of anilines is 1. The maximum absolute atomic E-state index is 4.66. The molecule has 0 radical (unpaired) electrons. The molecule has 1 saturated heterocycles. The van der Waals surface area contributed by atoms with Gasteiger partial charge in [0.1, 0.15) is 23.8 Å². The highest BCUT2D eigenvalue weighted by atomic mass is 15.3. The normalized spacial score (nSPS) is 16.8. The first-order chi connectivity index (χ1) is 12.6. The molecule has 0 amide bonds. The number of hydrogen-bond donors (Lipinski definition) is 1. The Balaban J connectivity index is 1.57. The number of nitrogens with one attached hydrogen (secondary N) is 1. The third kappa shape index (κ3) is 4.38. The molecule has 1 aliphatic heterocycles. The van der Waals surface area contributed by atoms with Crippen LogP contribution in [0.2, 0.25) is 0 Å². The Bertz CT molecular complexity index is 704. The largest absolute Gasteiger partial charge is 0.356 e. The summed E-state index contributed by atoms with van der Waals surface area (Å²) in [6, 6.07) is 2.88. The number of aromatic nitrogens is 5. The van der Waals surface area contributed by atoms with Crippen molar-refractivity contribution in [1.82, 2.24) is 30.0 Å². The number of nitrogens with zero attached hydrogens (tertiary/aromatic N) is 6. The zero-order chi connectivity index (χ0) is 18.5. The minimum atomic E-state index is 0.214. The Morgan fingerprint density at radius 1 is 1.23 bits per heavy atom. The van der Waals surface area contributed by atoms with Gasteiger partial charge in [0.2, 0.25) is 0 Å². The van der Waals surface area contributed by atoms with Crippen LogP contribution in [0, 0.1) is 6.92 Å². The van der Waals surface area contributed by atoms with Crippen molar-refractivity contribution >= 4 is 5.82 Å². The van der Waals surface area contributed by atoms with Crippen molar-refractivity contribution in [3.8, 4) is 0 Å². The highest BCUT2D eigenvalue weighted by molar-refractivity contribution is 5.40. The molecule has 0 aliphatic carbocycles. The van der Waals surface area contributed by atoms with Gasteiger partial charge in [-0.1, -0.05) is 13.3 Å². The van der Waals surface area contributed by atoms with Crippen LogP contribution in [0.5, 0.6) is 0 Å². The second-order valence-corrected chi connectivity index (χ2v) is 7.10. The molecular weight excluding hydrogens is 326 g/mol. The van der Waals surface area contributed by atoms with E-state index >= 15 is 0 Å². The second-order valence-electron chi connectivity index (χ2n) is 7.10. The van der Waals surface area contributed by atoms with Crippen molar-refractivity contribution in [3.05, 3.63) is 29.7 Å². The molecule has 0 bridgehead atoms. The lowest BCUT2D eigenvalue weighted by Crippen LogP contribution is -2.44. The van der Waals surface area contributed by atoms with Crippen LogP contribution >= 0.6 is 0 Å². The lowest BCUT2D eigenvalue weighted by molar-refractivity contribution is 0.365. The average Bonchev–Trinajstić information content (AvgIpc) is 3.11. The van der Waals surface area contributed by atoms with Crippen LogP contribution in [-0.4, -0.2) is 43.9 Å². The smallest absolute Gasteiger partial charge is 0.143 e. The van der Waals surface area contributed by atoms with Crippen LogP contribution in [0.4, 0.5) is 5.82 Å². The van der Waals surface area contributed by atoms with Crippen LogP contribution in [0.15, 0.2) is 12.4 Å². The molecule has 0 spiro atoms. The third-order valence-electron chi connectivity index (χ3n) is 5.02.